The van der Waals surface area contributed by atoms with E-state index in [-0.39, 0.29) is 5.91 Å². The van der Waals surface area contributed by atoms with Gasteiger partial charge in [0.15, 0.2) is 0 Å². The van der Waals surface area contributed by atoms with Crippen LogP contribution in [0.2, 0.25) is 5.02 Å². The van der Waals surface area contributed by atoms with Crippen molar-refractivity contribution in [2.24, 2.45) is 0 Å². The Kier molecular flexibility index (Phi) is 5.59. The van der Waals surface area contributed by atoms with Gasteiger partial charge in [-0.1, -0.05) is 59.3 Å². The summed E-state index contributed by atoms with van der Waals surface area (Å²) >= 11 is 5.83. The number of amides is 1. The number of aromatic nitrogens is 3. The van der Waals surface area contributed by atoms with Crippen LogP contribution >= 0.6 is 11.6 Å². The van der Waals surface area contributed by atoms with Crippen LogP contribution in [-0.4, -0.2) is 20.9 Å². The van der Waals surface area contributed by atoms with Gasteiger partial charge in [-0.25, -0.2) is 4.68 Å². The Morgan fingerprint density at radius 3 is 2.60 bits per heavy atom. The number of rotatable bonds is 6. The van der Waals surface area contributed by atoms with Gasteiger partial charge in [-0.2, -0.15) is 0 Å². The molecule has 1 N–H and O–H groups in total. The summed E-state index contributed by atoms with van der Waals surface area (Å²) in [4.78, 5) is 11.9. The zero-order valence-electron chi connectivity index (χ0n) is 13.5. The molecule has 0 unspecified atom stereocenters. The number of carbonyl (C=O) groups excluding carboxylic acids is 1. The Morgan fingerprint density at radius 2 is 1.84 bits per heavy atom. The summed E-state index contributed by atoms with van der Waals surface area (Å²) in [5, 5.41) is 11.6. The molecule has 0 bridgehead atoms. The quantitative estimate of drug-likeness (QED) is 0.692. The number of benzene rings is 2. The van der Waals surface area contributed by atoms with Crippen molar-refractivity contribution in [3.63, 3.8) is 0 Å². The molecule has 1 amide bonds. The first kappa shape index (κ1) is 16.9. The fourth-order valence-corrected chi connectivity index (χ4v) is 2.37. The van der Waals surface area contributed by atoms with E-state index in [1.165, 1.54) is 6.08 Å². The Labute approximate surface area is 150 Å². The van der Waals surface area contributed by atoms with Crippen molar-refractivity contribution in [1.29, 1.82) is 0 Å². The standard InChI is InChI=1S/C19H17ClN4O/c20-17-8-6-15(7-9-17)12-21-19(25)11-10-18-14-24(23-22-18)13-16-4-2-1-3-5-16/h1-11,14H,12-13H2,(H,21,25)/b11-10+. The Bertz CT molecular complexity index is 857. The van der Waals surface area contributed by atoms with E-state index in [1.807, 2.05) is 42.5 Å². The minimum atomic E-state index is -0.187. The lowest BCUT2D eigenvalue weighted by Gasteiger charge is -2.02. The fourth-order valence-electron chi connectivity index (χ4n) is 2.25. The maximum absolute atomic E-state index is 11.9. The summed E-state index contributed by atoms with van der Waals surface area (Å²) in [6, 6.07) is 17.3. The lowest BCUT2D eigenvalue weighted by molar-refractivity contribution is -0.116. The normalized spacial score (nSPS) is 10.9. The minimum Gasteiger partial charge on any atom is -0.348 e. The van der Waals surface area contributed by atoms with Gasteiger partial charge >= 0.3 is 0 Å². The Balaban J connectivity index is 1.51. The molecule has 5 nitrogen and oxygen atoms in total. The monoisotopic (exact) mass is 352 g/mol. The van der Waals surface area contributed by atoms with E-state index in [2.05, 4.69) is 15.6 Å². The zero-order chi connectivity index (χ0) is 17.5. The Morgan fingerprint density at radius 1 is 1.08 bits per heavy atom. The van der Waals surface area contributed by atoms with E-state index in [4.69, 9.17) is 11.6 Å². The van der Waals surface area contributed by atoms with Crippen LogP contribution in [0.5, 0.6) is 0 Å². The van der Waals surface area contributed by atoms with Gasteiger partial charge in [-0.3, -0.25) is 4.79 Å². The number of nitrogens with zero attached hydrogens (tertiary/aromatic N) is 3. The van der Waals surface area contributed by atoms with Crippen molar-refractivity contribution >= 4 is 23.6 Å². The topological polar surface area (TPSA) is 59.8 Å². The zero-order valence-corrected chi connectivity index (χ0v) is 14.2. The first-order valence-corrected chi connectivity index (χ1v) is 8.21. The second-order valence-electron chi connectivity index (χ2n) is 5.50. The fraction of sp³-hybridized carbons (Fsp3) is 0.105. The van der Waals surface area contributed by atoms with Crippen LogP contribution in [0.15, 0.2) is 66.9 Å². The van der Waals surface area contributed by atoms with Crippen LogP contribution in [0, 0.1) is 0 Å². The summed E-state index contributed by atoms with van der Waals surface area (Å²) < 4.78 is 1.74. The summed E-state index contributed by atoms with van der Waals surface area (Å²) in [7, 11) is 0. The maximum Gasteiger partial charge on any atom is 0.244 e. The van der Waals surface area contributed by atoms with Crippen molar-refractivity contribution in [2.75, 3.05) is 0 Å². The first-order chi connectivity index (χ1) is 12.2. The molecule has 3 aromatic rings. The number of nitrogens with one attached hydrogen (secondary N) is 1. The number of halogens is 1. The van der Waals surface area contributed by atoms with Gasteiger partial charge < -0.3 is 5.32 Å². The van der Waals surface area contributed by atoms with E-state index in [1.54, 1.807) is 29.1 Å². The van der Waals surface area contributed by atoms with Crippen molar-refractivity contribution in [2.45, 2.75) is 13.1 Å². The molecule has 0 saturated carbocycles. The van der Waals surface area contributed by atoms with E-state index >= 15 is 0 Å². The summed E-state index contributed by atoms with van der Waals surface area (Å²) in [5.74, 6) is -0.187. The molecule has 0 saturated heterocycles. The highest BCUT2D eigenvalue weighted by Crippen LogP contribution is 2.09. The predicted octanol–water partition coefficient (Wildman–Crippen LogP) is 3.31. The van der Waals surface area contributed by atoms with E-state index in [0.29, 0.717) is 23.8 Å². The summed E-state index contributed by atoms with van der Waals surface area (Å²) in [6.45, 7) is 1.09. The van der Waals surface area contributed by atoms with Crippen molar-refractivity contribution in [3.8, 4) is 0 Å². The maximum atomic E-state index is 11.9. The molecule has 0 radical (unpaired) electrons. The third-order valence-corrected chi connectivity index (χ3v) is 3.78. The van der Waals surface area contributed by atoms with Crippen molar-refractivity contribution in [1.82, 2.24) is 20.3 Å². The summed E-state index contributed by atoms with van der Waals surface area (Å²) in [6.07, 6.45) is 4.90. The summed E-state index contributed by atoms with van der Waals surface area (Å²) in [5.41, 5.74) is 2.76. The molecular weight excluding hydrogens is 336 g/mol. The van der Waals surface area contributed by atoms with E-state index in [9.17, 15) is 4.79 Å². The highest BCUT2D eigenvalue weighted by atomic mass is 35.5. The number of hydrogen-bond donors (Lipinski definition) is 1. The third kappa shape index (κ3) is 5.29. The molecule has 1 heterocycles. The Hall–Kier alpha value is -2.92. The van der Waals surface area contributed by atoms with Crippen LogP contribution in [-0.2, 0) is 17.9 Å². The SMILES string of the molecule is O=C(/C=C/c1cn(Cc2ccccc2)nn1)NCc1ccc(Cl)cc1. The molecular formula is C19H17ClN4O. The minimum absolute atomic E-state index is 0.187. The lowest BCUT2D eigenvalue weighted by atomic mass is 10.2. The first-order valence-electron chi connectivity index (χ1n) is 7.83. The largest absolute Gasteiger partial charge is 0.348 e. The molecule has 0 aliphatic rings. The second kappa shape index (κ2) is 8.26. The molecule has 1 aromatic heterocycles. The van der Waals surface area contributed by atoms with Crippen LogP contribution in [0.1, 0.15) is 16.8 Å². The average Bonchev–Trinajstić information content (AvgIpc) is 3.08. The van der Waals surface area contributed by atoms with Gasteiger partial charge in [0.05, 0.1) is 12.7 Å². The lowest BCUT2D eigenvalue weighted by Crippen LogP contribution is -2.20. The molecule has 25 heavy (non-hydrogen) atoms. The van der Waals surface area contributed by atoms with Crippen LogP contribution in [0.25, 0.3) is 6.08 Å². The molecule has 0 fully saturated rings. The molecule has 6 heteroatoms. The van der Waals surface area contributed by atoms with Gasteiger partial charge in [0.2, 0.25) is 5.91 Å². The molecule has 0 aliphatic carbocycles. The van der Waals surface area contributed by atoms with Crippen LogP contribution < -0.4 is 5.32 Å². The number of carbonyl (C=O) groups is 1. The van der Waals surface area contributed by atoms with Crippen molar-refractivity contribution < 1.29 is 4.79 Å². The van der Waals surface area contributed by atoms with Gasteiger partial charge in [0, 0.05) is 17.6 Å². The second-order valence-corrected chi connectivity index (χ2v) is 5.94. The van der Waals surface area contributed by atoms with Gasteiger partial charge in [-0.15, -0.1) is 5.10 Å². The molecule has 126 valence electrons. The van der Waals surface area contributed by atoms with Crippen LogP contribution in [0.4, 0.5) is 0 Å². The predicted molar refractivity (Wildman–Crippen MR) is 97.9 cm³/mol. The van der Waals surface area contributed by atoms with Gasteiger partial charge in [-0.05, 0) is 29.3 Å². The highest BCUT2D eigenvalue weighted by Gasteiger charge is 2.01. The smallest absolute Gasteiger partial charge is 0.244 e. The molecule has 0 spiro atoms. The average molecular weight is 353 g/mol. The highest BCUT2D eigenvalue weighted by molar-refractivity contribution is 6.30. The van der Waals surface area contributed by atoms with Gasteiger partial charge in [0.1, 0.15) is 5.69 Å². The van der Waals surface area contributed by atoms with E-state index < -0.39 is 0 Å². The van der Waals surface area contributed by atoms with Crippen molar-refractivity contribution in [3.05, 3.63) is 88.7 Å². The molecule has 2 aromatic carbocycles. The van der Waals surface area contributed by atoms with E-state index in [0.717, 1.165) is 11.1 Å². The van der Waals surface area contributed by atoms with Crippen LogP contribution in [0.3, 0.4) is 0 Å². The van der Waals surface area contributed by atoms with Gasteiger partial charge in [0.25, 0.3) is 0 Å². The molecule has 0 aliphatic heterocycles. The number of hydrogen-bond acceptors (Lipinski definition) is 3. The molecule has 0 atom stereocenters. The molecule has 3 rings (SSSR count). The third-order valence-electron chi connectivity index (χ3n) is 3.53.